The van der Waals surface area contributed by atoms with Gasteiger partial charge in [-0.25, -0.2) is 8.42 Å². The summed E-state index contributed by atoms with van der Waals surface area (Å²) in [6, 6.07) is 12.3. The summed E-state index contributed by atoms with van der Waals surface area (Å²) < 4.78 is 35.7. The molecule has 1 amide bonds. The highest BCUT2D eigenvalue weighted by Crippen LogP contribution is 2.32. The third-order valence-corrected chi connectivity index (χ3v) is 5.23. The molecule has 0 bridgehead atoms. The van der Waals surface area contributed by atoms with Crippen molar-refractivity contribution in [2.75, 3.05) is 36.1 Å². The average Bonchev–Trinajstić information content (AvgIpc) is 3.03. The maximum absolute atomic E-state index is 12.2. The van der Waals surface area contributed by atoms with Gasteiger partial charge in [0.2, 0.25) is 10.0 Å². The van der Waals surface area contributed by atoms with Crippen LogP contribution in [0, 0.1) is 0 Å². The molecule has 0 unspecified atom stereocenters. The van der Waals surface area contributed by atoms with Gasteiger partial charge in [0, 0.05) is 12.2 Å². The summed E-state index contributed by atoms with van der Waals surface area (Å²) >= 11 is 0. The van der Waals surface area contributed by atoms with Gasteiger partial charge in [-0.2, -0.15) is 0 Å². The first-order chi connectivity index (χ1) is 12.4. The molecule has 1 aliphatic heterocycles. The Balaban J connectivity index is 1.67. The summed E-state index contributed by atoms with van der Waals surface area (Å²) in [4.78, 5) is 12.2. The van der Waals surface area contributed by atoms with Crippen molar-refractivity contribution < 1.29 is 22.7 Å². The number of carbonyl (C=O) groups excluding carboxylic acids is 1. The van der Waals surface area contributed by atoms with E-state index in [9.17, 15) is 13.2 Å². The van der Waals surface area contributed by atoms with Crippen molar-refractivity contribution in [3.05, 3.63) is 48.0 Å². The lowest BCUT2D eigenvalue weighted by atomic mass is 10.1. The van der Waals surface area contributed by atoms with Gasteiger partial charge in [0.1, 0.15) is 0 Å². The Kier molecular flexibility index (Phi) is 5.03. The maximum atomic E-state index is 12.2. The molecule has 0 fully saturated rings. The number of ether oxygens (including phenoxy) is 2. The standard InChI is InChI=1S/C18H20N2O5S/c1-24-16-5-3-4-6-17(16)25-12-18(21)19-14-8-7-13-9-10-20(15(13)11-14)26(2,22)23/h3-8,11H,9-10,12H2,1-2H3,(H,19,21). The van der Waals surface area contributed by atoms with Gasteiger partial charge in [-0.1, -0.05) is 18.2 Å². The van der Waals surface area contributed by atoms with Gasteiger partial charge >= 0.3 is 0 Å². The SMILES string of the molecule is COc1ccccc1OCC(=O)Nc1ccc2c(c1)N(S(C)(=O)=O)CC2. The van der Waals surface area contributed by atoms with Crippen LogP contribution in [-0.4, -0.2) is 40.8 Å². The van der Waals surface area contributed by atoms with Gasteiger partial charge in [0.05, 0.1) is 19.1 Å². The number of hydrogen-bond acceptors (Lipinski definition) is 5. The molecule has 8 heteroatoms. The van der Waals surface area contributed by atoms with Crippen molar-refractivity contribution in [1.82, 2.24) is 0 Å². The molecule has 2 aromatic carbocycles. The van der Waals surface area contributed by atoms with Crippen molar-refractivity contribution >= 4 is 27.3 Å². The molecule has 0 atom stereocenters. The van der Waals surface area contributed by atoms with Crippen molar-refractivity contribution in [3.63, 3.8) is 0 Å². The number of benzene rings is 2. The van der Waals surface area contributed by atoms with Crippen LogP contribution in [-0.2, 0) is 21.2 Å². The number of rotatable bonds is 6. The van der Waals surface area contributed by atoms with E-state index in [1.54, 1.807) is 30.3 Å². The predicted octanol–water partition coefficient (Wildman–Crippen LogP) is 2.03. The summed E-state index contributed by atoms with van der Waals surface area (Å²) in [6.45, 7) is 0.232. The molecule has 7 nitrogen and oxygen atoms in total. The van der Waals surface area contributed by atoms with E-state index < -0.39 is 10.0 Å². The van der Waals surface area contributed by atoms with Crippen molar-refractivity contribution in [2.45, 2.75) is 6.42 Å². The molecule has 26 heavy (non-hydrogen) atoms. The highest BCUT2D eigenvalue weighted by molar-refractivity contribution is 7.92. The second-order valence-electron chi connectivity index (χ2n) is 5.92. The van der Waals surface area contributed by atoms with Gasteiger partial charge < -0.3 is 14.8 Å². The number of fused-ring (bicyclic) bond motifs is 1. The fourth-order valence-electron chi connectivity index (χ4n) is 2.85. The fraction of sp³-hybridized carbons (Fsp3) is 0.278. The molecular formula is C18H20N2O5S. The summed E-state index contributed by atoms with van der Waals surface area (Å²) in [6.07, 6.45) is 1.84. The molecule has 1 aliphatic rings. The van der Waals surface area contributed by atoms with Gasteiger partial charge in [-0.3, -0.25) is 9.10 Å². The Hall–Kier alpha value is -2.74. The summed E-state index contributed by atoms with van der Waals surface area (Å²) in [5.74, 6) is 0.670. The molecule has 138 valence electrons. The highest BCUT2D eigenvalue weighted by atomic mass is 32.2. The number of nitrogens with one attached hydrogen (secondary N) is 1. The number of sulfonamides is 1. The van der Waals surface area contributed by atoms with Gasteiger partial charge in [-0.05, 0) is 36.2 Å². The number of para-hydroxylation sites is 2. The normalized spacial score (nSPS) is 13.2. The monoisotopic (exact) mass is 376 g/mol. The van der Waals surface area contributed by atoms with E-state index in [0.29, 0.717) is 35.8 Å². The number of amides is 1. The minimum Gasteiger partial charge on any atom is -0.493 e. The van der Waals surface area contributed by atoms with E-state index >= 15 is 0 Å². The molecule has 2 aromatic rings. The quantitative estimate of drug-likeness (QED) is 0.834. The molecule has 0 saturated heterocycles. The van der Waals surface area contributed by atoms with Crippen LogP contribution in [0.5, 0.6) is 11.5 Å². The first-order valence-corrected chi connectivity index (χ1v) is 9.89. The lowest BCUT2D eigenvalue weighted by molar-refractivity contribution is -0.118. The van der Waals surface area contributed by atoms with E-state index in [0.717, 1.165) is 5.56 Å². The molecular weight excluding hydrogens is 356 g/mol. The molecule has 0 saturated carbocycles. The third-order valence-electron chi connectivity index (χ3n) is 4.05. The van der Waals surface area contributed by atoms with Crippen molar-refractivity contribution in [1.29, 1.82) is 0 Å². The fourth-order valence-corrected chi connectivity index (χ4v) is 3.80. The van der Waals surface area contributed by atoms with Crippen LogP contribution < -0.4 is 19.1 Å². The van der Waals surface area contributed by atoms with Crippen LogP contribution in [0.2, 0.25) is 0 Å². The lowest BCUT2D eigenvalue weighted by Crippen LogP contribution is -2.27. The summed E-state index contributed by atoms with van der Waals surface area (Å²) in [5.41, 5.74) is 2.07. The number of carbonyl (C=O) groups is 1. The van der Waals surface area contributed by atoms with E-state index in [1.165, 1.54) is 17.7 Å². The molecule has 0 radical (unpaired) electrons. The zero-order chi connectivity index (χ0) is 18.7. The first-order valence-electron chi connectivity index (χ1n) is 8.05. The first kappa shape index (κ1) is 18.1. The minimum absolute atomic E-state index is 0.187. The zero-order valence-electron chi connectivity index (χ0n) is 14.6. The maximum Gasteiger partial charge on any atom is 0.262 e. The highest BCUT2D eigenvalue weighted by Gasteiger charge is 2.26. The zero-order valence-corrected chi connectivity index (χ0v) is 15.4. The second-order valence-corrected chi connectivity index (χ2v) is 7.82. The molecule has 0 aromatic heterocycles. The Morgan fingerprint density at radius 2 is 1.92 bits per heavy atom. The van der Waals surface area contributed by atoms with Crippen LogP contribution in [0.4, 0.5) is 11.4 Å². The number of hydrogen-bond donors (Lipinski definition) is 1. The van der Waals surface area contributed by atoms with Crippen LogP contribution in [0.3, 0.4) is 0 Å². The minimum atomic E-state index is -3.33. The molecule has 3 rings (SSSR count). The van der Waals surface area contributed by atoms with E-state index in [2.05, 4.69) is 5.32 Å². The lowest BCUT2D eigenvalue weighted by Gasteiger charge is -2.17. The Morgan fingerprint density at radius 1 is 1.19 bits per heavy atom. The largest absolute Gasteiger partial charge is 0.493 e. The van der Waals surface area contributed by atoms with E-state index in [4.69, 9.17) is 9.47 Å². The van der Waals surface area contributed by atoms with Crippen LogP contribution >= 0.6 is 0 Å². The van der Waals surface area contributed by atoms with Crippen molar-refractivity contribution in [2.24, 2.45) is 0 Å². The Bertz CT molecular complexity index is 927. The third kappa shape index (κ3) is 3.91. The molecule has 1 N–H and O–H groups in total. The topological polar surface area (TPSA) is 84.9 Å². The van der Waals surface area contributed by atoms with Crippen LogP contribution in [0.1, 0.15) is 5.56 Å². The van der Waals surface area contributed by atoms with Gasteiger partial charge in [0.15, 0.2) is 18.1 Å². The summed E-state index contributed by atoms with van der Waals surface area (Å²) in [7, 11) is -1.80. The number of anilines is 2. The van der Waals surface area contributed by atoms with E-state index in [1.807, 2.05) is 12.1 Å². The summed E-state index contributed by atoms with van der Waals surface area (Å²) in [5, 5.41) is 2.73. The van der Waals surface area contributed by atoms with Crippen molar-refractivity contribution in [3.8, 4) is 11.5 Å². The Labute approximate surface area is 152 Å². The van der Waals surface area contributed by atoms with Gasteiger partial charge in [-0.15, -0.1) is 0 Å². The van der Waals surface area contributed by atoms with Crippen LogP contribution in [0.15, 0.2) is 42.5 Å². The molecule has 0 spiro atoms. The molecule has 0 aliphatic carbocycles. The number of nitrogens with zero attached hydrogens (tertiary/aromatic N) is 1. The van der Waals surface area contributed by atoms with E-state index in [-0.39, 0.29) is 12.5 Å². The number of methoxy groups -OCH3 is 1. The van der Waals surface area contributed by atoms with Crippen LogP contribution in [0.25, 0.3) is 0 Å². The molecule has 1 heterocycles. The Morgan fingerprint density at radius 3 is 2.62 bits per heavy atom. The predicted molar refractivity (Wildman–Crippen MR) is 99.5 cm³/mol. The average molecular weight is 376 g/mol. The smallest absolute Gasteiger partial charge is 0.262 e. The second kappa shape index (κ2) is 7.25. The van der Waals surface area contributed by atoms with Gasteiger partial charge in [0.25, 0.3) is 5.91 Å².